The van der Waals surface area contributed by atoms with E-state index in [9.17, 15) is 9.18 Å². The van der Waals surface area contributed by atoms with E-state index < -0.39 is 5.82 Å². The Balaban J connectivity index is 1.26. The average molecular weight is 388 g/mol. The molecule has 2 aliphatic heterocycles. The predicted molar refractivity (Wildman–Crippen MR) is 104 cm³/mol. The van der Waals surface area contributed by atoms with Crippen molar-refractivity contribution >= 4 is 17.6 Å². The molecule has 0 aromatic heterocycles. The Kier molecular flexibility index (Phi) is 5.32. The zero-order valence-corrected chi connectivity index (χ0v) is 15.8. The molecule has 2 heterocycles. The summed E-state index contributed by atoms with van der Waals surface area (Å²) in [5.41, 5.74) is 2.13. The number of carbonyl (C=O) groups is 1. The van der Waals surface area contributed by atoms with E-state index in [1.54, 1.807) is 12.1 Å². The minimum Gasteiger partial charge on any atom is -0.334 e. The van der Waals surface area contributed by atoms with Crippen LogP contribution >= 0.6 is 11.6 Å². The standard InChI is InChI=1S/C21H23ClFN3O/c22-19-8-16(6-7-20(19)23)9-24-21(27)26-13-17-11-25(12-18(17)14-26)10-15-4-2-1-3-5-15/h1-8,17-18H,9-14H2,(H,24,27)/t17-,18+. The second kappa shape index (κ2) is 7.87. The van der Waals surface area contributed by atoms with Crippen LogP contribution in [0, 0.1) is 17.7 Å². The Hall–Kier alpha value is -2.11. The molecule has 2 aliphatic rings. The van der Waals surface area contributed by atoms with E-state index in [-0.39, 0.29) is 11.1 Å². The Bertz CT molecular complexity index is 802. The number of nitrogens with one attached hydrogen (secondary N) is 1. The van der Waals surface area contributed by atoms with Crippen molar-refractivity contribution in [2.75, 3.05) is 26.2 Å². The zero-order valence-electron chi connectivity index (χ0n) is 15.1. The molecular weight excluding hydrogens is 365 g/mol. The molecule has 2 aromatic rings. The highest BCUT2D eigenvalue weighted by Crippen LogP contribution is 2.31. The van der Waals surface area contributed by atoms with Crippen LogP contribution in [-0.4, -0.2) is 42.0 Å². The van der Waals surface area contributed by atoms with Crippen LogP contribution in [0.15, 0.2) is 48.5 Å². The molecule has 0 radical (unpaired) electrons. The third-order valence-corrected chi connectivity index (χ3v) is 5.82. The molecule has 4 nitrogen and oxygen atoms in total. The summed E-state index contributed by atoms with van der Waals surface area (Å²) in [6.07, 6.45) is 0. The molecule has 2 saturated heterocycles. The van der Waals surface area contributed by atoms with Crippen molar-refractivity contribution < 1.29 is 9.18 Å². The summed E-state index contributed by atoms with van der Waals surface area (Å²) in [5, 5.41) is 3.00. The van der Waals surface area contributed by atoms with Gasteiger partial charge in [-0.2, -0.15) is 0 Å². The topological polar surface area (TPSA) is 35.6 Å². The van der Waals surface area contributed by atoms with E-state index in [4.69, 9.17) is 11.6 Å². The molecule has 0 bridgehead atoms. The van der Waals surface area contributed by atoms with Crippen LogP contribution < -0.4 is 5.32 Å². The maximum Gasteiger partial charge on any atom is 0.317 e. The van der Waals surface area contributed by atoms with Crippen molar-refractivity contribution in [3.05, 3.63) is 70.5 Å². The van der Waals surface area contributed by atoms with E-state index in [0.717, 1.165) is 38.3 Å². The maximum absolute atomic E-state index is 13.2. The monoisotopic (exact) mass is 387 g/mol. The number of hydrogen-bond acceptors (Lipinski definition) is 2. The smallest absolute Gasteiger partial charge is 0.317 e. The van der Waals surface area contributed by atoms with Crippen LogP contribution in [-0.2, 0) is 13.1 Å². The number of likely N-dealkylation sites (tertiary alicyclic amines) is 2. The van der Waals surface area contributed by atoms with Gasteiger partial charge in [-0.15, -0.1) is 0 Å². The highest BCUT2D eigenvalue weighted by Gasteiger charge is 2.41. The Labute approximate surface area is 163 Å². The summed E-state index contributed by atoms with van der Waals surface area (Å²) in [7, 11) is 0. The first kappa shape index (κ1) is 18.3. The van der Waals surface area contributed by atoms with E-state index in [1.165, 1.54) is 11.6 Å². The number of benzene rings is 2. The van der Waals surface area contributed by atoms with Crippen molar-refractivity contribution in [3.63, 3.8) is 0 Å². The molecule has 2 aromatic carbocycles. The molecule has 0 unspecified atom stereocenters. The number of fused-ring (bicyclic) bond motifs is 1. The first-order valence-electron chi connectivity index (χ1n) is 9.31. The van der Waals surface area contributed by atoms with Gasteiger partial charge in [0.05, 0.1) is 5.02 Å². The molecule has 6 heteroatoms. The molecule has 2 fully saturated rings. The fourth-order valence-electron chi connectivity index (χ4n) is 4.17. The predicted octanol–water partition coefficient (Wildman–Crippen LogP) is 3.75. The molecule has 142 valence electrons. The third kappa shape index (κ3) is 4.25. The second-order valence-electron chi connectivity index (χ2n) is 7.51. The number of halogens is 2. The van der Waals surface area contributed by atoms with Gasteiger partial charge in [0.2, 0.25) is 0 Å². The lowest BCUT2D eigenvalue weighted by molar-refractivity contribution is 0.198. The number of rotatable bonds is 4. The largest absolute Gasteiger partial charge is 0.334 e. The molecule has 0 spiro atoms. The average Bonchev–Trinajstić information content (AvgIpc) is 3.22. The van der Waals surface area contributed by atoms with Gasteiger partial charge in [0.25, 0.3) is 0 Å². The van der Waals surface area contributed by atoms with E-state index in [1.807, 2.05) is 11.0 Å². The van der Waals surface area contributed by atoms with Gasteiger partial charge in [0.15, 0.2) is 0 Å². The lowest BCUT2D eigenvalue weighted by Crippen LogP contribution is -2.40. The Morgan fingerprint density at radius 3 is 2.41 bits per heavy atom. The molecule has 0 saturated carbocycles. The fraction of sp³-hybridized carbons (Fsp3) is 0.381. The first-order valence-corrected chi connectivity index (χ1v) is 9.69. The molecule has 2 atom stereocenters. The van der Waals surface area contributed by atoms with Gasteiger partial charge in [-0.25, -0.2) is 9.18 Å². The fourth-order valence-corrected chi connectivity index (χ4v) is 4.37. The highest BCUT2D eigenvalue weighted by atomic mass is 35.5. The molecule has 0 aliphatic carbocycles. The Morgan fingerprint density at radius 1 is 1.04 bits per heavy atom. The van der Waals surface area contributed by atoms with Crippen molar-refractivity contribution in [1.29, 1.82) is 0 Å². The summed E-state index contributed by atoms with van der Waals surface area (Å²) in [6, 6.07) is 15.0. The second-order valence-corrected chi connectivity index (χ2v) is 7.92. The number of urea groups is 1. The van der Waals surface area contributed by atoms with Gasteiger partial charge >= 0.3 is 6.03 Å². The number of carbonyl (C=O) groups excluding carboxylic acids is 1. The van der Waals surface area contributed by atoms with Gasteiger partial charge < -0.3 is 10.2 Å². The third-order valence-electron chi connectivity index (χ3n) is 5.53. The summed E-state index contributed by atoms with van der Waals surface area (Å²) in [4.78, 5) is 16.9. The summed E-state index contributed by atoms with van der Waals surface area (Å²) >= 11 is 5.79. The quantitative estimate of drug-likeness (QED) is 0.867. The highest BCUT2D eigenvalue weighted by molar-refractivity contribution is 6.30. The lowest BCUT2D eigenvalue weighted by atomic mass is 10.0. The van der Waals surface area contributed by atoms with E-state index >= 15 is 0 Å². The number of hydrogen-bond donors (Lipinski definition) is 1. The normalized spacial score (nSPS) is 22.1. The lowest BCUT2D eigenvalue weighted by Gasteiger charge is -2.22. The summed E-state index contributed by atoms with van der Waals surface area (Å²) < 4.78 is 13.2. The van der Waals surface area contributed by atoms with Crippen molar-refractivity contribution in [1.82, 2.24) is 15.1 Å². The van der Waals surface area contributed by atoms with Crippen LogP contribution in [0.4, 0.5) is 9.18 Å². The number of amides is 2. The van der Waals surface area contributed by atoms with E-state index in [2.05, 4.69) is 34.5 Å². The SMILES string of the molecule is O=C(NCc1ccc(F)c(Cl)c1)N1C[C@H]2CN(Cc3ccccc3)C[C@H]2C1. The van der Waals surface area contributed by atoms with Crippen molar-refractivity contribution in [2.24, 2.45) is 11.8 Å². The van der Waals surface area contributed by atoms with Crippen molar-refractivity contribution in [3.8, 4) is 0 Å². The van der Waals surface area contributed by atoms with Gasteiger partial charge in [-0.05, 0) is 35.1 Å². The molecule has 2 amide bonds. The molecular formula is C21H23ClFN3O. The number of nitrogens with zero attached hydrogens (tertiary/aromatic N) is 2. The molecule has 1 N–H and O–H groups in total. The molecule has 27 heavy (non-hydrogen) atoms. The van der Waals surface area contributed by atoms with Gasteiger partial charge in [0, 0.05) is 39.3 Å². The van der Waals surface area contributed by atoms with Crippen LogP contribution in [0.2, 0.25) is 5.02 Å². The Morgan fingerprint density at radius 2 is 1.74 bits per heavy atom. The summed E-state index contributed by atoms with van der Waals surface area (Å²) in [5.74, 6) is 0.638. The van der Waals surface area contributed by atoms with Crippen LogP contribution in [0.1, 0.15) is 11.1 Å². The van der Waals surface area contributed by atoms with Crippen LogP contribution in [0.3, 0.4) is 0 Å². The maximum atomic E-state index is 13.2. The molecule has 4 rings (SSSR count). The van der Waals surface area contributed by atoms with E-state index in [0.29, 0.717) is 18.4 Å². The van der Waals surface area contributed by atoms with Gasteiger partial charge in [-0.1, -0.05) is 48.0 Å². The van der Waals surface area contributed by atoms with Crippen LogP contribution in [0.5, 0.6) is 0 Å². The minimum absolute atomic E-state index is 0.0561. The minimum atomic E-state index is -0.445. The zero-order chi connectivity index (χ0) is 18.8. The van der Waals surface area contributed by atoms with Gasteiger partial charge in [-0.3, -0.25) is 4.90 Å². The summed E-state index contributed by atoms with van der Waals surface area (Å²) in [6.45, 7) is 5.00. The van der Waals surface area contributed by atoms with Gasteiger partial charge in [0.1, 0.15) is 5.82 Å². The van der Waals surface area contributed by atoms with Crippen LogP contribution in [0.25, 0.3) is 0 Å². The van der Waals surface area contributed by atoms with Crippen molar-refractivity contribution in [2.45, 2.75) is 13.1 Å². The first-order chi connectivity index (χ1) is 13.1.